The average molecular weight is 326 g/mol. The van der Waals surface area contributed by atoms with Crippen LogP contribution < -0.4 is 0 Å². The highest BCUT2D eigenvalue weighted by Crippen LogP contribution is 2.25. The highest BCUT2D eigenvalue weighted by atomic mass is 79.9. The zero-order valence-electron chi connectivity index (χ0n) is 9.81. The van der Waals surface area contributed by atoms with Crippen LogP contribution in [0.4, 0.5) is 0 Å². The lowest BCUT2D eigenvalue weighted by molar-refractivity contribution is 0.475. The summed E-state index contributed by atoms with van der Waals surface area (Å²) in [6.07, 6.45) is 0.938. The minimum atomic E-state index is 0.306. The fourth-order valence-corrected chi connectivity index (χ4v) is 2.64. The lowest BCUT2D eigenvalue weighted by Crippen LogP contribution is -2.04. The molecule has 0 saturated heterocycles. The third-order valence-electron chi connectivity index (χ3n) is 2.95. The van der Waals surface area contributed by atoms with Crippen molar-refractivity contribution < 1.29 is 5.11 Å². The third-order valence-corrected chi connectivity index (χ3v) is 3.98. The van der Waals surface area contributed by atoms with Crippen molar-refractivity contribution >= 4 is 27.5 Å². The van der Waals surface area contributed by atoms with Crippen molar-refractivity contribution in [3.05, 3.63) is 64.7 Å². The van der Waals surface area contributed by atoms with E-state index < -0.39 is 0 Å². The Morgan fingerprint density at radius 1 is 1.00 bits per heavy atom. The summed E-state index contributed by atoms with van der Waals surface area (Å²) in [5, 5.41) is 10.9. The minimum Gasteiger partial charge on any atom is -0.508 e. The monoisotopic (exact) mass is 324 g/mol. The summed E-state index contributed by atoms with van der Waals surface area (Å²) >= 11 is 9.46. The van der Waals surface area contributed by atoms with Crippen LogP contribution in [0, 0.1) is 0 Å². The molecule has 2 aromatic carbocycles. The first-order valence-electron chi connectivity index (χ1n) is 5.78. The Kier molecular flexibility index (Phi) is 4.67. The Balaban J connectivity index is 2.14. The Bertz CT molecular complexity index is 493. The number of hydrogen-bond acceptors (Lipinski definition) is 1. The van der Waals surface area contributed by atoms with E-state index in [0.717, 1.165) is 16.8 Å². The molecule has 0 saturated carbocycles. The van der Waals surface area contributed by atoms with Gasteiger partial charge in [-0.15, -0.1) is 0 Å². The van der Waals surface area contributed by atoms with E-state index >= 15 is 0 Å². The maximum Gasteiger partial charge on any atom is 0.115 e. The number of alkyl halides is 1. The van der Waals surface area contributed by atoms with Crippen LogP contribution in [-0.2, 0) is 6.42 Å². The number of phenols is 1. The fraction of sp³-hybridized carbons (Fsp3) is 0.200. The average Bonchev–Trinajstić information content (AvgIpc) is 2.39. The summed E-state index contributed by atoms with van der Waals surface area (Å²) in [4.78, 5) is 0. The summed E-state index contributed by atoms with van der Waals surface area (Å²) in [5.74, 6) is 0.715. The van der Waals surface area contributed by atoms with Gasteiger partial charge in [-0.05, 0) is 47.7 Å². The molecule has 0 heterocycles. The van der Waals surface area contributed by atoms with E-state index in [4.69, 9.17) is 11.6 Å². The van der Waals surface area contributed by atoms with E-state index in [1.165, 1.54) is 11.1 Å². The van der Waals surface area contributed by atoms with Crippen molar-refractivity contribution in [1.29, 1.82) is 0 Å². The van der Waals surface area contributed by atoms with Crippen molar-refractivity contribution in [2.24, 2.45) is 0 Å². The quantitative estimate of drug-likeness (QED) is 0.803. The van der Waals surface area contributed by atoms with Gasteiger partial charge in [0.05, 0.1) is 0 Å². The first-order chi connectivity index (χ1) is 8.69. The van der Waals surface area contributed by atoms with Crippen molar-refractivity contribution in [3.8, 4) is 5.75 Å². The Morgan fingerprint density at radius 2 is 1.61 bits per heavy atom. The van der Waals surface area contributed by atoms with Crippen LogP contribution >= 0.6 is 27.5 Å². The Morgan fingerprint density at radius 3 is 2.17 bits per heavy atom. The lowest BCUT2D eigenvalue weighted by atomic mass is 9.94. The molecule has 0 aromatic heterocycles. The summed E-state index contributed by atoms with van der Waals surface area (Å²) < 4.78 is 0. The molecule has 1 atom stereocenters. The third kappa shape index (κ3) is 3.50. The van der Waals surface area contributed by atoms with Gasteiger partial charge in [0.2, 0.25) is 0 Å². The second-order valence-corrected chi connectivity index (χ2v) is 5.36. The normalized spacial score (nSPS) is 12.3. The number of phenolic OH excluding ortho intramolecular Hbond substituents is 1. The predicted molar refractivity (Wildman–Crippen MR) is 79.8 cm³/mol. The van der Waals surface area contributed by atoms with Gasteiger partial charge >= 0.3 is 0 Å². The molecule has 0 fully saturated rings. The van der Waals surface area contributed by atoms with Gasteiger partial charge in [0.25, 0.3) is 0 Å². The summed E-state index contributed by atoms with van der Waals surface area (Å²) in [6.45, 7) is 0. The smallest absolute Gasteiger partial charge is 0.115 e. The lowest BCUT2D eigenvalue weighted by Gasteiger charge is -2.14. The van der Waals surface area contributed by atoms with Gasteiger partial charge in [0.15, 0.2) is 0 Å². The molecule has 0 aliphatic carbocycles. The molecule has 3 heteroatoms. The topological polar surface area (TPSA) is 20.2 Å². The van der Waals surface area contributed by atoms with Crippen molar-refractivity contribution in [2.75, 3.05) is 5.33 Å². The summed E-state index contributed by atoms with van der Waals surface area (Å²) in [5.41, 5.74) is 2.48. The molecule has 1 unspecified atom stereocenters. The maximum absolute atomic E-state index is 9.27. The molecular formula is C15H14BrClO. The van der Waals surface area contributed by atoms with Crippen LogP contribution in [0.5, 0.6) is 5.75 Å². The van der Waals surface area contributed by atoms with Gasteiger partial charge < -0.3 is 5.11 Å². The standard InChI is InChI=1S/C15H14BrClO/c16-10-13(12-3-5-14(17)6-4-12)9-11-1-7-15(18)8-2-11/h1-8,13,18H,9-10H2. The van der Waals surface area contributed by atoms with Crippen LogP contribution in [0.15, 0.2) is 48.5 Å². The molecule has 1 nitrogen and oxygen atoms in total. The zero-order chi connectivity index (χ0) is 13.0. The highest BCUT2D eigenvalue weighted by Gasteiger charge is 2.11. The van der Waals surface area contributed by atoms with Crippen molar-refractivity contribution in [2.45, 2.75) is 12.3 Å². The summed E-state index contributed by atoms with van der Waals surface area (Å²) in [7, 11) is 0. The molecular weight excluding hydrogens is 312 g/mol. The molecule has 0 amide bonds. The molecule has 94 valence electrons. The molecule has 2 rings (SSSR count). The van der Waals surface area contributed by atoms with Crippen LogP contribution in [0.25, 0.3) is 0 Å². The van der Waals surface area contributed by atoms with Gasteiger partial charge in [-0.2, -0.15) is 0 Å². The molecule has 0 aliphatic rings. The molecule has 2 aromatic rings. The molecule has 1 N–H and O–H groups in total. The minimum absolute atomic E-state index is 0.306. The van der Waals surface area contributed by atoms with Crippen LogP contribution in [0.2, 0.25) is 5.02 Å². The number of halogens is 2. The number of rotatable bonds is 4. The zero-order valence-corrected chi connectivity index (χ0v) is 12.2. The van der Waals surface area contributed by atoms with E-state index in [1.54, 1.807) is 12.1 Å². The predicted octanol–water partition coefficient (Wildman–Crippen LogP) is 4.77. The van der Waals surface area contributed by atoms with Gasteiger partial charge in [0.1, 0.15) is 5.75 Å². The van der Waals surface area contributed by atoms with Crippen LogP contribution in [-0.4, -0.2) is 10.4 Å². The number of aromatic hydroxyl groups is 1. The summed E-state index contributed by atoms with van der Waals surface area (Å²) in [6, 6.07) is 15.3. The number of hydrogen-bond donors (Lipinski definition) is 1. The highest BCUT2D eigenvalue weighted by molar-refractivity contribution is 9.09. The van der Waals surface area contributed by atoms with Crippen molar-refractivity contribution in [3.63, 3.8) is 0 Å². The van der Waals surface area contributed by atoms with E-state index in [1.807, 2.05) is 24.3 Å². The van der Waals surface area contributed by atoms with E-state index in [-0.39, 0.29) is 0 Å². The van der Waals surface area contributed by atoms with Gasteiger partial charge in [-0.25, -0.2) is 0 Å². The van der Waals surface area contributed by atoms with E-state index in [0.29, 0.717) is 11.7 Å². The van der Waals surface area contributed by atoms with E-state index in [9.17, 15) is 5.11 Å². The molecule has 0 spiro atoms. The van der Waals surface area contributed by atoms with Gasteiger partial charge in [0, 0.05) is 10.4 Å². The molecule has 0 bridgehead atoms. The van der Waals surface area contributed by atoms with Gasteiger partial charge in [-0.1, -0.05) is 51.8 Å². The van der Waals surface area contributed by atoms with Crippen LogP contribution in [0.3, 0.4) is 0 Å². The first-order valence-corrected chi connectivity index (χ1v) is 7.28. The Hall–Kier alpha value is -0.990. The SMILES string of the molecule is Oc1ccc(CC(CBr)c2ccc(Cl)cc2)cc1. The van der Waals surface area contributed by atoms with Crippen molar-refractivity contribution in [1.82, 2.24) is 0 Å². The molecule has 0 radical (unpaired) electrons. The molecule has 18 heavy (non-hydrogen) atoms. The molecule has 0 aliphatic heterocycles. The van der Waals surface area contributed by atoms with Crippen LogP contribution in [0.1, 0.15) is 17.0 Å². The van der Waals surface area contributed by atoms with Gasteiger partial charge in [-0.3, -0.25) is 0 Å². The second-order valence-electron chi connectivity index (χ2n) is 4.27. The second kappa shape index (κ2) is 6.26. The largest absolute Gasteiger partial charge is 0.508 e. The van der Waals surface area contributed by atoms with E-state index in [2.05, 4.69) is 28.1 Å². The fourth-order valence-electron chi connectivity index (χ4n) is 1.91. The number of benzene rings is 2. The Labute approximate surface area is 121 Å². The first kappa shape index (κ1) is 13.4. The maximum atomic E-state index is 9.27.